The number of carbonyl (C=O) groups is 2. The molecule has 2 saturated carbocycles. The van der Waals surface area contributed by atoms with Crippen LogP contribution in [0.5, 0.6) is 0 Å². The van der Waals surface area contributed by atoms with Crippen molar-refractivity contribution in [2.24, 2.45) is 17.8 Å². The molecular formula is C39H41N7O3. The van der Waals surface area contributed by atoms with Gasteiger partial charge >= 0.3 is 6.09 Å². The van der Waals surface area contributed by atoms with Gasteiger partial charge in [0.1, 0.15) is 17.7 Å². The van der Waals surface area contributed by atoms with E-state index in [1.54, 1.807) is 0 Å². The summed E-state index contributed by atoms with van der Waals surface area (Å²) in [6.45, 7) is 3.87. The fourth-order valence-corrected chi connectivity index (χ4v) is 8.16. The Bertz CT molecular complexity index is 2060. The van der Waals surface area contributed by atoms with E-state index >= 15 is 0 Å². The molecule has 4 aliphatic rings. The Morgan fingerprint density at radius 1 is 0.796 bits per heavy atom. The number of piperidine rings is 2. The van der Waals surface area contributed by atoms with Crippen molar-refractivity contribution in [3.8, 4) is 33.6 Å². The summed E-state index contributed by atoms with van der Waals surface area (Å²) in [6.07, 6.45) is 7.59. The fraction of sp³-hybridized carbons (Fsp3) is 0.385. The summed E-state index contributed by atoms with van der Waals surface area (Å²) < 4.78 is 4.80. The molecule has 0 spiro atoms. The molecule has 7 atom stereocenters. The normalized spacial score (nSPS) is 25.7. The molecule has 2 saturated heterocycles. The van der Waals surface area contributed by atoms with Gasteiger partial charge in [-0.15, -0.1) is 0 Å². The van der Waals surface area contributed by atoms with Crippen LogP contribution in [0, 0.1) is 17.8 Å². The Balaban J connectivity index is 0.906. The molecule has 250 valence electrons. The summed E-state index contributed by atoms with van der Waals surface area (Å²) >= 11 is 0. The molecule has 0 radical (unpaired) electrons. The van der Waals surface area contributed by atoms with Crippen LogP contribution in [0.25, 0.3) is 44.4 Å². The third-order valence-corrected chi connectivity index (χ3v) is 11.1. The third kappa shape index (κ3) is 5.48. The average Bonchev–Trinajstić information content (AvgIpc) is 3.68. The second kappa shape index (κ2) is 11.6. The molecule has 2 amide bonds. The lowest BCUT2D eigenvalue weighted by atomic mass is 9.98. The quantitative estimate of drug-likeness (QED) is 0.146. The second-order valence-electron chi connectivity index (χ2n) is 14.7. The van der Waals surface area contributed by atoms with Crippen molar-refractivity contribution in [2.45, 2.75) is 69.7 Å². The van der Waals surface area contributed by atoms with Crippen molar-refractivity contribution in [3.05, 3.63) is 84.7 Å². The average molecular weight is 656 g/mol. The van der Waals surface area contributed by atoms with E-state index in [9.17, 15) is 9.59 Å². The smallest absolute Gasteiger partial charge is 0.407 e. The maximum atomic E-state index is 13.8. The highest BCUT2D eigenvalue weighted by Crippen LogP contribution is 2.53. The number of hydrogen-bond donors (Lipinski definition) is 4. The number of benzene rings is 3. The molecule has 2 unspecified atom stereocenters. The van der Waals surface area contributed by atoms with E-state index in [0.717, 1.165) is 63.7 Å². The lowest BCUT2D eigenvalue weighted by Crippen LogP contribution is -2.52. The van der Waals surface area contributed by atoms with Crippen molar-refractivity contribution in [1.29, 1.82) is 0 Å². The van der Waals surface area contributed by atoms with Gasteiger partial charge in [0.15, 0.2) is 0 Å². The molecule has 2 aliphatic carbocycles. The molecule has 4 heterocycles. The zero-order chi connectivity index (χ0) is 33.4. The molecule has 9 rings (SSSR count). The summed E-state index contributed by atoms with van der Waals surface area (Å²) in [6, 6.07) is 22.2. The van der Waals surface area contributed by atoms with Crippen LogP contribution in [-0.4, -0.2) is 62.1 Å². The van der Waals surface area contributed by atoms with Crippen molar-refractivity contribution in [2.75, 3.05) is 7.11 Å². The number of fused-ring (bicyclic) bond motifs is 3. The van der Waals surface area contributed by atoms with Crippen LogP contribution in [0.1, 0.15) is 63.3 Å². The van der Waals surface area contributed by atoms with Crippen LogP contribution in [0.15, 0.2) is 73.1 Å². The Hall–Kier alpha value is -4.96. The number of nitrogens with one attached hydrogen (secondary N) is 4. The first kappa shape index (κ1) is 30.1. The van der Waals surface area contributed by atoms with Crippen molar-refractivity contribution in [1.82, 2.24) is 35.5 Å². The monoisotopic (exact) mass is 655 g/mol. The zero-order valence-corrected chi connectivity index (χ0v) is 27.9. The number of likely N-dealkylation sites (tertiary alicyclic amines) is 1. The number of aromatic amines is 2. The zero-order valence-electron chi connectivity index (χ0n) is 27.9. The molecule has 4 fully saturated rings. The lowest BCUT2D eigenvalue weighted by Gasteiger charge is -2.31. The molecular weight excluding hydrogens is 614 g/mol. The predicted molar refractivity (Wildman–Crippen MR) is 187 cm³/mol. The molecule has 10 nitrogen and oxygen atoms in total. The van der Waals surface area contributed by atoms with E-state index in [0.29, 0.717) is 18.0 Å². The molecule has 49 heavy (non-hydrogen) atoms. The van der Waals surface area contributed by atoms with Crippen LogP contribution >= 0.6 is 0 Å². The highest BCUT2D eigenvalue weighted by Gasteiger charge is 2.56. The van der Waals surface area contributed by atoms with Gasteiger partial charge in [0, 0.05) is 17.6 Å². The number of hydrogen-bond acceptors (Lipinski definition) is 6. The summed E-state index contributed by atoms with van der Waals surface area (Å²) in [5.41, 5.74) is 6.48. The molecule has 3 aromatic carbocycles. The number of aromatic nitrogens is 4. The summed E-state index contributed by atoms with van der Waals surface area (Å²) in [4.78, 5) is 44.2. The number of amides is 2. The molecule has 10 heteroatoms. The molecule has 2 aliphatic heterocycles. The van der Waals surface area contributed by atoms with Crippen molar-refractivity contribution >= 4 is 22.8 Å². The van der Waals surface area contributed by atoms with Crippen molar-refractivity contribution < 1.29 is 14.3 Å². The van der Waals surface area contributed by atoms with Crippen LogP contribution in [0.2, 0.25) is 0 Å². The number of H-pyrrole nitrogens is 2. The number of nitrogens with zero attached hydrogens (tertiary/aromatic N) is 3. The summed E-state index contributed by atoms with van der Waals surface area (Å²) in [7, 11) is 1.31. The van der Waals surface area contributed by atoms with Gasteiger partial charge in [0.2, 0.25) is 5.91 Å². The molecule has 5 aromatic rings. The van der Waals surface area contributed by atoms with E-state index in [1.807, 2.05) is 31.1 Å². The number of ether oxygens (including phenoxy) is 1. The fourth-order valence-electron chi connectivity index (χ4n) is 8.16. The van der Waals surface area contributed by atoms with Gasteiger partial charge in [-0.25, -0.2) is 14.8 Å². The van der Waals surface area contributed by atoms with E-state index in [2.05, 4.69) is 86.2 Å². The first-order chi connectivity index (χ1) is 23.8. The van der Waals surface area contributed by atoms with Crippen LogP contribution in [0.3, 0.4) is 0 Å². The Labute approximate surface area is 285 Å². The highest BCUT2D eigenvalue weighted by molar-refractivity contribution is 5.91. The Morgan fingerprint density at radius 3 is 2.16 bits per heavy atom. The summed E-state index contributed by atoms with van der Waals surface area (Å²) in [5, 5.41) is 8.73. The second-order valence-corrected chi connectivity index (χ2v) is 14.7. The number of imidazole rings is 2. The molecule has 4 N–H and O–H groups in total. The SMILES string of the molecule is COC(=O)N[C@H](C(=O)N1[C@@H]2CC2C[C@H]1c1ncc(-c2ccc3cc(-c4ccc(-c5cnc([C@@H]6CC7C[C@H]7N6)[nH]5)cc4)ccc3c2)[nH]1)C(C)C. The van der Waals surface area contributed by atoms with E-state index < -0.39 is 12.1 Å². The van der Waals surface area contributed by atoms with Gasteiger partial charge in [-0.05, 0) is 83.0 Å². The maximum absolute atomic E-state index is 13.8. The van der Waals surface area contributed by atoms with E-state index in [-0.39, 0.29) is 23.9 Å². The minimum Gasteiger partial charge on any atom is -0.453 e. The van der Waals surface area contributed by atoms with E-state index in [1.165, 1.54) is 31.1 Å². The van der Waals surface area contributed by atoms with Gasteiger partial charge < -0.3 is 30.2 Å². The number of alkyl carbamates (subject to hydrolysis) is 1. The first-order valence-corrected chi connectivity index (χ1v) is 17.5. The third-order valence-electron chi connectivity index (χ3n) is 11.1. The minimum absolute atomic E-state index is 0.0746. The van der Waals surface area contributed by atoms with Crippen LogP contribution < -0.4 is 10.6 Å². The molecule has 0 bridgehead atoms. The topological polar surface area (TPSA) is 128 Å². The van der Waals surface area contributed by atoms with Gasteiger partial charge in [-0.3, -0.25) is 4.79 Å². The number of rotatable bonds is 8. The Kier molecular flexibility index (Phi) is 7.12. The van der Waals surface area contributed by atoms with Crippen LogP contribution in [0.4, 0.5) is 4.79 Å². The lowest BCUT2D eigenvalue weighted by molar-refractivity contribution is -0.136. The van der Waals surface area contributed by atoms with Crippen LogP contribution in [-0.2, 0) is 9.53 Å². The maximum Gasteiger partial charge on any atom is 0.407 e. The van der Waals surface area contributed by atoms with Gasteiger partial charge in [0.25, 0.3) is 0 Å². The predicted octanol–water partition coefficient (Wildman–Crippen LogP) is 6.75. The largest absolute Gasteiger partial charge is 0.453 e. The van der Waals surface area contributed by atoms with E-state index in [4.69, 9.17) is 9.72 Å². The molecule has 2 aromatic heterocycles. The standard InChI is InChI=1S/C39H41N7O3/c1-20(2)35(45-39(48)49-3)38(47)46-33-16-28(33)17-34(46)37-41-19-32(44-37)26-11-10-24-12-23(8-9-25(24)13-26)21-4-6-22(7-5-21)31-18-40-36(43-31)30-15-27-14-29(27)42-30/h4-13,18-20,27-30,33-35,42H,14-17H2,1-3H3,(H,40,43)(H,41,44)(H,45,48)/t27?,28?,29-,30+,33-,34+,35+/m1/s1. The number of methoxy groups -OCH3 is 1. The number of carbonyl (C=O) groups excluding carboxylic acids is 2. The van der Waals surface area contributed by atoms with Gasteiger partial charge in [0.05, 0.1) is 43.0 Å². The van der Waals surface area contributed by atoms with Gasteiger partial charge in [-0.1, -0.05) is 62.4 Å². The van der Waals surface area contributed by atoms with Crippen molar-refractivity contribution in [3.63, 3.8) is 0 Å². The highest BCUT2D eigenvalue weighted by atomic mass is 16.5. The van der Waals surface area contributed by atoms with Gasteiger partial charge in [-0.2, -0.15) is 0 Å². The first-order valence-electron chi connectivity index (χ1n) is 17.5. The summed E-state index contributed by atoms with van der Waals surface area (Å²) in [5.74, 6) is 2.99. The minimum atomic E-state index is -0.652. The Morgan fingerprint density at radius 2 is 1.45 bits per heavy atom.